The van der Waals surface area contributed by atoms with Crippen LogP contribution in [-0.2, 0) is 4.79 Å². The van der Waals surface area contributed by atoms with Crippen molar-refractivity contribution in [2.45, 2.75) is 32.0 Å². The molecule has 2 fully saturated rings. The third-order valence-corrected chi connectivity index (χ3v) is 4.42. The minimum atomic E-state index is -0.453. The van der Waals surface area contributed by atoms with Gasteiger partial charge in [-0.1, -0.05) is 23.4 Å². The number of halogens is 1. The Kier molecular flexibility index (Phi) is 3.00. The summed E-state index contributed by atoms with van der Waals surface area (Å²) in [6.45, 7) is 2.55. The number of carbonyl (C=O) groups excluding carboxylic acids is 1. The fraction of sp³-hybridized carbons (Fsp3) is 0.375. The minimum Gasteiger partial charge on any atom is -0.360 e. The topological polar surface area (TPSA) is 49.6 Å². The minimum absolute atomic E-state index is 0.0287. The lowest BCUT2D eigenvalue weighted by Gasteiger charge is -2.28. The van der Waals surface area contributed by atoms with Crippen LogP contribution in [0, 0.1) is 12.7 Å². The molecule has 1 aromatic carbocycles. The third kappa shape index (κ3) is 1.87. The zero-order valence-corrected chi connectivity index (χ0v) is 12.2. The molecular formula is C16H16FN3O2. The van der Waals surface area contributed by atoms with Crippen LogP contribution < -0.4 is 4.90 Å². The highest BCUT2D eigenvalue weighted by atomic mass is 19.1. The highest BCUT2D eigenvalue weighted by Crippen LogP contribution is 2.42. The summed E-state index contributed by atoms with van der Waals surface area (Å²) in [5.41, 5.74) is 0.501. The molecule has 0 radical (unpaired) electrons. The Bertz CT molecular complexity index is 730. The zero-order valence-electron chi connectivity index (χ0n) is 12.2. The Labute approximate surface area is 127 Å². The maximum absolute atomic E-state index is 14.3. The average Bonchev–Trinajstić information content (AvgIpc) is 3.18. The Morgan fingerprint density at radius 3 is 2.91 bits per heavy atom. The van der Waals surface area contributed by atoms with Gasteiger partial charge in [0.15, 0.2) is 5.82 Å². The van der Waals surface area contributed by atoms with Gasteiger partial charge in [-0.3, -0.25) is 14.6 Å². The lowest BCUT2D eigenvalue weighted by atomic mass is 10.1. The first-order valence-corrected chi connectivity index (χ1v) is 7.43. The van der Waals surface area contributed by atoms with Crippen LogP contribution in [0.4, 0.5) is 10.2 Å². The van der Waals surface area contributed by atoms with Crippen LogP contribution in [0.2, 0.25) is 0 Å². The first kappa shape index (κ1) is 13.5. The summed E-state index contributed by atoms with van der Waals surface area (Å²) in [4.78, 5) is 16.4. The molecule has 4 rings (SSSR count). The van der Waals surface area contributed by atoms with E-state index in [9.17, 15) is 9.18 Å². The molecule has 0 bridgehead atoms. The van der Waals surface area contributed by atoms with Gasteiger partial charge in [0.25, 0.3) is 0 Å². The first-order valence-electron chi connectivity index (χ1n) is 7.43. The van der Waals surface area contributed by atoms with E-state index in [0.717, 1.165) is 19.4 Å². The molecule has 0 spiro atoms. The van der Waals surface area contributed by atoms with Crippen molar-refractivity contribution < 1.29 is 13.7 Å². The third-order valence-electron chi connectivity index (χ3n) is 4.42. The highest BCUT2D eigenvalue weighted by Gasteiger charge is 2.50. The molecule has 2 aliphatic rings. The van der Waals surface area contributed by atoms with Crippen LogP contribution in [0.25, 0.3) is 0 Å². The molecule has 0 N–H and O–H groups in total. The van der Waals surface area contributed by atoms with Crippen molar-refractivity contribution in [1.82, 2.24) is 10.1 Å². The lowest BCUT2D eigenvalue weighted by molar-refractivity contribution is -0.119. The number of aromatic nitrogens is 1. The second kappa shape index (κ2) is 4.91. The van der Waals surface area contributed by atoms with Gasteiger partial charge >= 0.3 is 0 Å². The second-order valence-electron chi connectivity index (χ2n) is 5.80. The number of nitrogens with zero attached hydrogens (tertiary/aromatic N) is 3. The maximum Gasteiger partial charge on any atom is 0.247 e. The summed E-state index contributed by atoms with van der Waals surface area (Å²) < 4.78 is 19.4. The molecule has 114 valence electrons. The van der Waals surface area contributed by atoms with Crippen molar-refractivity contribution >= 4 is 11.7 Å². The molecule has 5 nitrogen and oxygen atoms in total. The van der Waals surface area contributed by atoms with Gasteiger partial charge in [-0.05, 0) is 25.8 Å². The number of carbonyl (C=O) groups is 1. The van der Waals surface area contributed by atoms with Crippen LogP contribution in [0.5, 0.6) is 0 Å². The monoisotopic (exact) mass is 301 g/mol. The molecule has 6 heteroatoms. The van der Waals surface area contributed by atoms with Crippen LogP contribution >= 0.6 is 0 Å². The van der Waals surface area contributed by atoms with Crippen molar-refractivity contribution in [3.8, 4) is 0 Å². The fourth-order valence-corrected chi connectivity index (χ4v) is 3.48. The van der Waals surface area contributed by atoms with Gasteiger partial charge in [-0.15, -0.1) is 0 Å². The molecule has 3 heterocycles. The van der Waals surface area contributed by atoms with Crippen LogP contribution in [0.15, 0.2) is 34.9 Å². The number of amides is 1. The van der Waals surface area contributed by atoms with Crippen molar-refractivity contribution in [1.29, 1.82) is 0 Å². The van der Waals surface area contributed by atoms with E-state index in [1.54, 1.807) is 36.1 Å². The Morgan fingerprint density at radius 1 is 1.36 bits per heavy atom. The van der Waals surface area contributed by atoms with Gasteiger partial charge < -0.3 is 4.52 Å². The van der Waals surface area contributed by atoms with Gasteiger partial charge in [0.2, 0.25) is 5.91 Å². The van der Waals surface area contributed by atoms with Crippen molar-refractivity contribution in [2.24, 2.45) is 0 Å². The molecule has 2 aromatic rings. The summed E-state index contributed by atoms with van der Waals surface area (Å²) >= 11 is 0. The number of fused-ring (bicyclic) bond motifs is 1. The van der Waals surface area contributed by atoms with E-state index in [1.165, 1.54) is 6.07 Å². The van der Waals surface area contributed by atoms with E-state index >= 15 is 0 Å². The second-order valence-corrected chi connectivity index (χ2v) is 5.80. The largest absolute Gasteiger partial charge is 0.360 e. The molecule has 1 aromatic heterocycles. The van der Waals surface area contributed by atoms with Crippen molar-refractivity contribution in [2.75, 3.05) is 11.4 Å². The number of aryl methyl sites for hydroxylation is 1. The summed E-state index contributed by atoms with van der Waals surface area (Å²) in [7, 11) is 0. The van der Waals surface area contributed by atoms with Gasteiger partial charge in [0.05, 0.1) is 6.04 Å². The lowest BCUT2D eigenvalue weighted by Crippen LogP contribution is -2.33. The Morgan fingerprint density at radius 2 is 2.18 bits per heavy atom. The number of hydrogen-bond acceptors (Lipinski definition) is 4. The normalized spacial score (nSPS) is 25.0. The zero-order chi connectivity index (χ0) is 15.3. The molecule has 1 amide bonds. The van der Waals surface area contributed by atoms with Gasteiger partial charge in [0, 0.05) is 18.2 Å². The SMILES string of the molecule is Cc1cc(N2C(=O)C3CCCN3C2c2ccccc2F)no1. The number of benzene rings is 1. The number of hydrogen-bond donors (Lipinski definition) is 0. The van der Waals surface area contributed by atoms with Crippen LogP contribution in [0.3, 0.4) is 0 Å². The molecule has 22 heavy (non-hydrogen) atoms. The van der Waals surface area contributed by atoms with Gasteiger partial charge in [0.1, 0.15) is 17.7 Å². The Balaban J connectivity index is 1.84. The van der Waals surface area contributed by atoms with E-state index in [-0.39, 0.29) is 17.8 Å². The summed E-state index contributed by atoms with van der Waals surface area (Å²) in [6, 6.07) is 8.12. The van der Waals surface area contributed by atoms with E-state index in [0.29, 0.717) is 17.1 Å². The average molecular weight is 301 g/mol. The summed E-state index contributed by atoms with van der Waals surface area (Å²) in [5, 5.41) is 3.96. The van der Waals surface area contributed by atoms with Gasteiger partial charge in [-0.25, -0.2) is 4.39 Å². The molecule has 0 aliphatic carbocycles. The Hall–Kier alpha value is -2.21. The standard InChI is InChI=1S/C16H16FN3O2/c1-10-9-14(18-22-10)20-15(11-5-2-3-6-12(11)17)19-8-4-7-13(19)16(20)21/h2-3,5-6,9,13,15H,4,7-8H2,1H3. The van der Waals surface area contributed by atoms with E-state index in [4.69, 9.17) is 4.52 Å². The molecule has 2 saturated heterocycles. The molecular weight excluding hydrogens is 285 g/mol. The predicted octanol–water partition coefficient (Wildman–Crippen LogP) is 2.63. The van der Waals surface area contributed by atoms with Crippen LogP contribution in [0.1, 0.15) is 30.3 Å². The molecule has 2 aliphatic heterocycles. The maximum atomic E-state index is 14.3. The smallest absolute Gasteiger partial charge is 0.247 e. The van der Waals surface area contributed by atoms with E-state index in [1.807, 2.05) is 0 Å². The van der Waals surface area contributed by atoms with E-state index < -0.39 is 6.17 Å². The highest BCUT2D eigenvalue weighted by molar-refractivity contribution is 5.99. The van der Waals surface area contributed by atoms with Crippen molar-refractivity contribution in [3.63, 3.8) is 0 Å². The molecule has 2 unspecified atom stereocenters. The fourth-order valence-electron chi connectivity index (χ4n) is 3.48. The molecule has 2 atom stereocenters. The van der Waals surface area contributed by atoms with Gasteiger partial charge in [-0.2, -0.15) is 0 Å². The number of rotatable bonds is 2. The van der Waals surface area contributed by atoms with Crippen LogP contribution in [-0.4, -0.2) is 28.6 Å². The predicted molar refractivity (Wildman–Crippen MR) is 77.6 cm³/mol. The number of anilines is 1. The summed E-state index contributed by atoms with van der Waals surface area (Å²) in [6.07, 6.45) is 1.30. The van der Waals surface area contributed by atoms with Crippen molar-refractivity contribution in [3.05, 3.63) is 47.5 Å². The first-order chi connectivity index (χ1) is 10.7. The summed E-state index contributed by atoms with van der Waals surface area (Å²) in [5.74, 6) is 0.740. The quantitative estimate of drug-likeness (QED) is 0.855. The molecule has 0 saturated carbocycles. The van der Waals surface area contributed by atoms with E-state index in [2.05, 4.69) is 10.1 Å².